The summed E-state index contributed by atoms with van der Waals surface area (Å²) in [6.45, 7) is 2.58. The number of nitrogens with zero attached hydrogens (tertiary/aromatic N) is 2. The number of carbonyl (C=O) groups excluding carboxylic acids is 1. The average molecular weight is 527 g/mol. The van der Waals surface area contributed by atoms with E-state index in [2.05, 4.69) is 0 Å². The third kappa shape index (κ3) is 5.64. The molecule has 1 heterocycles. The lowest BCUT2D eigenvalue weighted by Crippen LogP contribution is -2.27. The van der Waals surface area contributed by atoms with Gasteiger partial charge in [-0.05, 0) is 42.8 Å². The smallest absolute Gasteiger partial charge is 0.271 e. The first-order valence-corrected chi connectivity index (χ1v) is 12.1. The van der Waals surface area contributed by atoms with Crippen molar-refractivity contribution in [1.29, 1.82) is 0 Å². The molecule has 0 N–H and O–H groups in total. The molecule has 1 saturated heterocycles. The lowest BCUT2D eigenvalue weighted by Gasteiger charge is -2.14. The van der Waals surface area contributed by atoms with E-state index in [4.69, 9.17) is 33.3 Å². The summed E-state index contributed by atoms with van der Waals surface area (Å²) in [5.74, 6) is 0.730. The Balaban J connectivity index is 1.57. The maximum Gasteiger partial charge on any atom is 0.271 e. The van der Waals surface area contributed by atoms with E-state index in [1.807, 2.05) is 31.2 Å². The number of amides is 1. The maximum atomic E-state index is 13.1. The molecule has 1 amide bonds. The van der Waals surface area contributed by atoms with Crippen LogP contribution in [0.15, 0.2) is 71.6 Å². The Kier molecular flexibility index (Phi) is 7.70. The predicted octanol–water partition coefficient (Wildman–Crippen LogP) is 6.63. The number of hydrogen-bond donors (Lipinski definition) is 0. The summed E-state index contributed by atoms with van der Waals surface area (Å²) >= 11 is 12.7. The Morgan fingerprint density at radius 2 is 1.89 bits per heavy atom. The van der Waals surface area contributed by atoms with Crippen LogP contribution in [0.25, 0.3) is 6.08 Å². The van der Waals surface area contributed by atoms with Crippen molar-refractivity contribution in [3.63, 3.8) is 0 Å². The van der Waals surface area contributed by atoms with Crippen molar-refractivity contribution in [3.8, 4) is 11.5 Å². The molecule has 10 heteroatoms. The molecule has 0 aliphatic carbocycles. The molecule has 178 valence electrons. The number of nitro groups is 1. The minimum Gasteiger partial charge on any atom is -0.490 e. The summed E-state index contributed by atoms with van der Waals surface area (Å²) in [6.07, 6.45) is 1.71. The molecule has 0 bridgehead atoms. The lowest BCUT2D eigenvalue weighted by atomic mass is 10.1. The van der Waals surface area contributed by atoms with Gasteiger partial charge in [0.05, 0.1) is 22.1 Å². The monoisotopic (exact) mass is 526 g/mol. The third-order valence-electron chi connectivity index (χ3n) is 5.00. The minimum absolute atomic E-state index is 0.116. The second-order valence-electron chi connectivity index (χ2n) is 7.31. The van der Waals surface area contributed by atoms with E-state index in [-0.39, 0.29) is 18.2 Å². The molecule has 3 aromatic carbocycles. The quantitative estimate of drug-likeness (QED) is 0.141. The fourth-order valence-electron chi connectivity index (χ4n) is 3.36. The van der Waals surface area contributed by atoms with Gasteiger partial charge in [0.25, 0.3) is 11.6 Å². The van der Waals surface area contributed by atoms with Crippen molar-refractivity contribution >= 4 is 63.3 Å². The molecule has 0 saturated carbocycles. The van der Waals surface area contributed by atoms with Gasteiger partial charge in [-0.3, -0.25) is 19.8 Å². The van der Waals surface area contributed by atoms with Gasteiger partial charge >= 0.3 is 0 Å². The van der Waals surface area contributed by atoms with Crippen molar-refractivity contribution in [2.24, 2.45) is 0 Å². The Labute approximate surface area is 216 Å². The van der Waals surface area contributed by atoms with Crippen LogP contribution in [0.1, 0.15) is 18.1 Å². The number of thioether (sulfide) groups is 1. The molecule has 0 radical (unpaired) electrons. The summed E-state index contributed by atoms with van der Waals surface area (Å²) in [5, 5.41) is 11.7. The van der Waals surface area contributed by atoms with Gasteiger partial charge in [-0.2, -0.15) is 0 Å². The van der Waals surface area contributed by atoms with Gasteiger partial charge in [0.1, 0.15) is 6.61 Å². The van der Waals surface area contributed by atoms with Gasteiger partial charge in [-0.15, -0.1) is 0 Å². The molecule has 1 aliphatic heterocycles. The Bertz CT molecular complexity index is 1340. The van der Waals surface area contributed by atoms with Crippen LogP contribution in [-0.4, -0.2) is 21.8 Å². The number of anilines is 1. The number of benzene rings is 3. The summed E-state index contributed by atoms with van der Waals surface area (Å²) in [5.41, 5.74) is 1.81. The first-order chi connectivity index (χ1) is 16.9. The Morgan fingerprint density at radius 1 is 1.09 bits per heavy atom. The zero-order chi connectivity index (χ0) is 24.9. The van der Waals surface area contributed by atoms with E-state index in [0.29, 0.717) is 38.0 Å². The third-order valence-corrected chi connectivity index (χ3v) is 6.67. The van der Waals surface area contributed by atoms with Crippen LogP contribution < -0.4 is 14.4 Å². The molecule has 0 spiro atoms. The Hall–Kier alpha value is -3.40. The highest BCUT2D eigenvalue weighted by atomic mass is 35.5. The molecule has 1 fully saturated rings. The van der Waals surface area contributed by atoms with Crippen LogP contribution in [0.3, 0.4) is 0 Å². The first kappa shape index (κ1) is 24.7. The van der Waals surface area contributed by atoms with Crippen LogP contribution in [0.5, 0.6) is 11.5 Å². The van der Waals surface area contributed by atoms with Crippen LogP contribution >= 0.6 is 35.6 Å². The van der Waals surface area contributed by atoms with Gasteiger partial charge in [0.2, 0.25) is 0 Å². The molecule has 0 aromatic heterocycles. The highest BCUT2D eigenvalue weighted by Crippen LogP contribution is 2.38. The van der Waals surface area contributed by atoms with Crippen LogP contribution in [0.4, 0.5) is 11.4 Å². The highest BCUT2D eigenvalue weighted by Gasteiger charge is 2.34. The standard InChI is InChI=1S/C25H19ClN2O5S2/c1-2-32-22-12-16(10-11-21(22)33-15-17-6-3-4-9-20(17)26)13-23-24(29)27(25(34)35-23)18-7-5-8-19(14-18)28(30)31/h3-14H,2,15H2,1H3/b23-13-. The van der Waals surface area contributed by atoms with E-state index in [1.54, 1.807) is 30.3 Å². The van der Waals surface area contributed by atoms with E-state index in [1.165, 1.54) is 23.1 Å². The zero-order valence-corrected chi connectivity index (χ0v) is 20.9. The maximum absolute atomic E-state index is 13.1. The van der Waals surface area contributed by atoms with Crippen molar-refractivity contribution in [2.45, 2.75) is 13.5 Å². The topological polar surface area (TPSA) is 81.9 Å². The van der Waals surface area contributed by atoms with E-state index >= 15 is 0 Å². The van der Waals surface area contributed by atoms with Gasteiger partial charge in [0.15, 0.2) is 15.8 Å². The predicted molar refractivity (Wildman–Crippen MR) is 142 cm³/mol. The largest absolute Gasteiger partial charge is 0.490 e. The van der Waals surface area contributed by atoms with Crippen LogP contribution in [-0.2, 0) is 11.4 Å². The number of hydrogen-bond acceptors (Lipinski definition) is 7. The van der Waals surface area contributed by atoms with Crippen molar-refractivity contribution in [3.05, 3.63) is 97.9 Å². The molecular formula is C25H19ClN2O5S2. The lowest BCUT2D eigenvalue weighted by molar-refractivity contribution is -0.384. The summed E-state index contributed by atoms with van der Waals surface area (Å²) in [6, 6.07) is 18.6. The highest BCUT2D eigenvalue weighted by molar-refractivity contribution is 8.27. The number of carbonyl (C=O) groups is 1. The fourth-order valence-corrected chi connectivity index (χ4v) is 4.85. The van der Waals surface area contributed by atoms with Gasteiger partial charge < -0.3 is 9.47 Å². The molecule has 0 unspecified atom stereocenters. The van der Waals surface area contributed by atoms with Gasteiger partial charge in [-0.1, -0.05) is 65.9 Å². The van der Waals surface area contributed by atoms with Crippen molar-refractivity contribution < 1.29 is 19.2 Å². The van der Waals surface area contributed by atoms with E-state index in [0.717, 1.165) is 22.9 Å². The number of halogens is 1. The average Bonchev–Trinajstić information content (AvgIpc) is 3.12. The van der Waals surface area contributed by atoms with E-state index < -0.39 is 4.92 Å². The number of nitro benzene ring substituents is 1. The number of ether oxygens (including phenoxy) is 2. The second kappa shape index (κ2) is 10.9. The summed E-state index contributed by atoms with van der Waals surface area (Å²) in [7, 11) is 0. The van der Waals surface area contributed by atoms with Gasteiger partial charge in [-0.25, -0.2) is 0 Å². The normalized spacial score (nSPS) is 14.5. The minimum atomic E-state index is -0.512. The fraction of sp³-hybridized carbons (Fsp3) is 0.120. The number of non-ortho nitro benzene ring substituents is 1. The molecule has 3 aromatic rings. The van der Waals surface area contributed by atoms with Crippen LogP contribution in [0, 0.1) is 10.1 Å². The molecule has 1 aliphatic rings. The molecule has 35 heavy (non-hydrogen) atoms. The SMILES string of the molecule is CCOc1cc(/C=C2\SC(=S)N(c3cccc([N+](=O)[O-])c3)C2=O)ccc1OCc1ccccc1Cl. The number of rotatable bonds is 8. The zero-order valence-electron chi connectivity index (χ0n) is 18.5. The second-order valence-corrected chi connectivity index (χ2v) is 9.40. The van der Waals surface area contributed by atoms with E-state index in [9.17, 15) is 14.9 Å². The molecule has 4 rings (SSSR count). The van der Waals surface area contributed by atoms with Crippen molar-refractivity contribution in [1.82, 2.24) is 0 Å². The van der Waals surface area contributed by atoms with Crippen LogP contribution in [0.2, 0.25) is 5.02 Å². The summed E-state index contributed by atoms with van der Waals surface area (Å²) < 4.78 is 12.0. The van der Waals surface area contributed by atoms with Crippen molar-refractivity contribution in [2.75, 3.05) is 11.5 Å². The summed E-state index contributed by atoms with van der Waals surface area (Å²) in [4.78, 5) is 25.4. The Morgan fingerprint density at radius 3 is 2.63 bits per heavy atom. The van der Waals surface area contributed by atoms with Gasteiger partial charge in [0, 0.05) is 22.7 Å². The first-order valence-electron chi connectivity index (χ1n) is 10.5. The molecular weight excluding hydrogens is 508 g/mol. The molecule has 7 nitrogen and oxygen atoms in total. The molecule has 0 atom stereocenters. The number of thiocarbonyl (C=S) groups is 1.